The average Bonchev–Trinajstić information content (AvgIpc) is 3.18. The summed E-state index contributed by atoms with van der Waals surface area (Å²) in [5, 5.41) is 0. The lowest BCUT2D eigenvalue weighted by atomic mass is 9.93. The van der Waals surface area contributed by atoms with E-state index in [1.165, 1.54) is 11.1 Å². The summed E-state index contributed by atoms with van der Waals surface area (Å²) >= 11 is 3.55. The van der Waals surface area contributed by atoms with Crippen molar-refractivity contribution < 1.29 is 9.21 Å². The maximum Gasteiger partial charge on any atom is 0.257 e. The molecular formula is C27H31BrN2O2. The second-order valence-corrected chi connectivity index (χ2v) is 10.4. The van der Waals surface area contributed by atoms with Crippen molar-refractivity contribution in [2.24, 2.45) is 0 Å². The van der Waals surface area contributed by atoms with E-state index < -0.39 is 0 Å². The van der Waals surface area contributed by atoms with E-state index in [2.05, 4.69) is 96.2 Å². The van der Waals surface area contributed by atoms with Crippen molar-refractivity contribution >= 4 is 21.8 Å². The molecule has 0 spiro atoms. The van der Waals surface area contributed by atoms with Crippen LogP contribution in [0.25, 0.3) is 0 Å². The van der Waals surface area contributed by atoms with Crippen LogP contribution in [0.5, 0.6) is 0 Å². The van der Waals surface area contributed by atoms with Crippen LogP contribution in [-0.4, -0.2) is 41.9 Å². The fourth-order valence-electron chi connectivity index (χ4n) is 4.31. The Hall–Kier alpha value is -2.37. The highest BCUT2D eigenvalue weighted by Gasteiger charge is 2.31. The molecule has 3 aromatic rings. The zero-order valence-electron chi connectivity index (χ0n) is 19.3. The summed E-state index contributed by atoms with van der Waals surface area (Å²) in [5.74, 6) is 1.64. The summed E-state index contributed by atoms with van der Waals surface area (Å²) in [6, 6.07) is 21.3. The highest BCUT2D eigenvalue weighted by molar-refractivity contribution is 9.10. The van der Waals surface area contributed by atoms with Gasteiger partial charge in [-0.2, -0.15) is 0 Å². The lowest BCUT2D eigenvalue weighted by Crippen LogP contribution is -2.49. The molecule has 1 amide bonds. The smallest absolute Gasteiger partial charge is 0.257 e. The van der Waals surface area contributed by atoms with Crippen molar-refractivity contribution in [1.29, 1.82) is 0 Å². The molecule has 1 atom stereocenters. The number of hydrogen-bond acceptors (Lipinski definition) is 3. The summed E-state index contributed by atoms with van der Waals surface area (Å²) in [5.41, 5.74) is 3.11. The lowest BCUT2D eigenvalue weighted by Gasteiger charge is -2.39. The Kier molecular flexibility index (Phi) is 6.59. The van der Waals surface area contributed by atoms with Gasteiger partial charge in [0.15, 0.2) is 0 Å². The third-order valence-corrected chi connectivity index (χ3v) is 6.68. The molecule has 4 rings (SSSR count). The van der Waals surface area contributed by atoms with E-state index in [0.717, 1.165) is 23.3 Å². The minimum absolute atomic E-state index is 0.0707. The first-order valence-corrected chi connectivity index (χ1v) is 12.0. The summed E-state index contributed by atoms with van der Waals surface area (Å²) in [4.78, 5) is 17.7. The third-order valence-electron chi connectivity index (χ3n) is 6.16. The number of amides is 1. The molecule has 0 aliphatic carbocycles. The molecule has 0 bridgehead atoms. The number of aryl methyl sites for hydroxylation is 1. The second-order valence-electron chi connectivity index (χ2n) is 9.52. The fourth-order valence-corrected chi connectivity index (χ4v) is 4.58. The summed E-state index contributed by atoms with van der Waals surface area (Å²) in [7, 11) is 0. The van der Waals surface area contributed by atoms with Gasteiger partial charge in [-0.05, 0) is 36.2 Å². The van der Waals surface area contributed by atoms with Crippen LogP contribution >= 0.6 is 15.9 Å². The van der Waals surface area contributed by atoms with E-state index >= 15 is 0 Å². The molecule has 0 unspecified atom stereocenters. The van der Waals surface area contributed by atoms with Gasteiger partial charge in [0.25, 0.3) is 5.91 Å². The molecule has 168 valence electrons. The Morgan fingerprint density at radius 2 is 1.53 bits per heavy atom. The molecule has 1 saturated heterocycles. The molecule has 0 saturated carbocycles. The number of piperazine rings is 1. The van der Waals surface area contributed by atoms with Gasteiger partial charge in [-0.1, -0.05) is 79.2 Å². The van der Waals surface area contributed by atoms with Crippen LogP contribution < -0.4 is 0 Å². The minimum atomic E-state index is -0.116. The highest BCUT2D eigenvalue weighted by Crippen LogP contribution is 2.31. The summed E-state index contributed by atoms with van der Waals surface area (Å²) in [6.45, 7) is 11.2. The van der Waals surface area contributed by atoms with Crippen LogP contribution in [0.2, 0.25) is 0 Å². The topological polar surface area (TPSA) is 36.7 Å². The molecule has 4 nitrogen and oxygen atoms in total. The van der Waals surface area contributed by atoms with Crippen LogP contribution in [0.4, 0.5) is 0 Å². The van der Waals surface area contributed by atoms with Crippen molar-refractivity contribution in [3.05, 3.63) is 93.3 Å². The van der Waals surface area contributed by atoms with Gasteiger partial charge >= 0.3 is 0 Å². The van der Waals surface area contributed by atoms with Crippen LogP contribution in [0.3, 0.4) is 0 Å². The van der Waals surface area contributed by atoms with Crippen LogP contribution in [0, 0.1) is 6.92 Å². The lowest BCUT2D eigenvalue weighted by molar-refractivity contribution is 0.0595. The fraction of sp³-hybridized carbons (Fsp3) is 0.370. The van der Waals surface area contributed by atoms with Gasteiger partial charge in [0.1, 0.15) is 11.5 Å². The quantitative estimate of drug-likeness (QED) is 0.433. The molecule has 1 aliphatic rings. The Morgan fingerprint density at radius 3 is 2.09 bits per heavy atom. The molecule has 1 aliphatic heterocycles. The highest BCUT2D eigenvalue weighted by atomic mass is 79.9. The summed E-state index contributed by atoms with van der Waals surface area (Å²) < 4.78 is 6.99. The number of benzene rings is 2. The van der Waals surface area contributed by atoms with E-state index in [-0.39, 0.29) is 17.4 Å². The molecular weight excluding hydrogens is 464 g/mol. The largest absolute Gasteiger partial charge is 0.465 e. The van der Waals surface area contributed by atoms with Crippen LogP contribution in [0.15, 0.2) is 69.6 Å². The summed E-state index contributed by atoms with van der Waals surface area (Å²) in [6.07, 6.45) is 0. The zero-order chi connectivity index (χ0) is 22.9. The molecule has 0 N–H and O–H groups in total. The third kappa shape index (κ3) is 4.84. The van der Waals surface area contributed by atoms with E-state index in [4.69, 9.17) is 4.42 Å². The monoisotopic (exact) mass is 494 g/mol. The van der Waals surface area contributed by atoms with E-state index in [0.29, 0.717) is 24.4 Å². The minimum Gasteiger partial charge on any atom is -0.465 e. The average molecular weight is 495 g/mol. The van der Waals surface area contributed by atoms with Crippen molar-refractivity contribution in [2.75, 3.05) is 26.2 Å². The van der Waals surface area contributed by atoms with E-state index in [9.17, 15) is 4.79 Å². The second kappa shape index (κ2) is 9.24. The van der Waals surface area contributed by atoms with Gasteiger partial charge in [0.2, 0.25) is 0 Å². The molecule has 32 heavy (non-hydrogen) atoms. The predicted molar refractivity (Wildman–Crippen MR) is 132 cm³/mol. The molecule has 0 radical (unpaired) electrons. The number of rotatable bonds is 4. The maximum absolute atomic E-state index is 13.3. The Labute approximate surface area is 199 Å². The van der Waals surface area contributed by atoms with Crippen LogP contribution in [-0.2, 0) is 5.41 Å². The number of nitrogens with zero attached hydrogens (tertiary/aromatic N) is 2. The molecule has 1 fully saturated rings. The number of carbonyl (C=O) groups excluding carboxylic acids is 1. The van der Waals surface area contributed by atoms with Crippen molar-refractivity contribution in [1.82, 2.24) is 9.80 Å². The van der Waals surface area contributed by atoms with Gasteiger partial charge in [-0.3, -0.25) is 9.69 Å². The van der Waals surface area contributed by atoms with Gasteiger partial charge in [-0.15, -0.1) is 0 Å². The van der Waals surface area contributed by atoms with E-state index in [1.807, 2.05) is 17.9 Å². The molecule has 2 aromatic carbocycles. The Morgan fingerprint density at radius 1 is 0.938 bits per heavy atom. The Bertz CT molecular complexity index is 1060. The van der Waals surface area contributed by atoms with Gasteiger partial charge < -0.3 is 9.32 Å². The van der Waals surface area contributed by atoms with Crippen molar-refractivity contribution in [2.45, 2.75) is 39.2 Å². The number of halogens is 1. The molecule has 5 heteroatoms. The first kappa shape index (κ1) is 22.8. The van der Waals surface area contributed by atoms with Gasteiger partial charge in [0, 0.05) is 36.1 Å². The van der Waals surface area contributed by atoms with Crippen molar-refractivity contribution in [3.8, 4) is 0 Å². The molecule has 1 aromatic heterocycles. The van der Waals surface area contributed by atoms with Gasteiger partial charge in [0.05, 0.1) is 11.6 Å². The number of carbonyl (C=O) groups is 1. The van der Waals surface area contributed by atoms with Gasteiger partial charge in [-0.25, -0.2) is 0 Å². The first-order valence-electron chi connectivity index (χ1n) is 11.2. The number of hydrogen-bond donors (Lipinski definition) is 0. The molecule has 2 heterocycles. The van der Waals surface area contributed by atoms with Crippen LogP contribution in [0.1, 0.15) is 59.8 Å². The first-order chi connectivity index (χ1) is 15.2. The number of furan rings is 1. The predicted octanol–water partition coefficient (Wildman–Crippen LogP) is 6.20. The standard InChI is InChI=1S/C27H31BrN2O2/c1-19-23(18-24(32-19)27(2,3)4)26(31)30-16-14-29(15-17-30)25(20-8-6-5-7-9-20)21-10-12-22(28)13-11-21/h5-13,18,25H,14-17H2,1-4H3/t25-/m1/s1. The van der Waals surface area contributed by atoms with Crippen molar-refractivity contribution in [3.63, 3.8) is 0 Å². The maximum atomic E-state index is 13.3. The van der Waals surface area contributed by atoms with E-state index in [1.54, 1.807) is 0 Å². The normalized spacial score (nSPS) is 16.2. The SMILES string of the molecule is Cc1oc(C(C)(C)C)cc1C(=O)N1CCN([C@H](c2ccccc2)c2ccc(Br)cc2)CC1. The Balaban J connectivity index is 1.52. The zero-order valence-corrected chi connectivity index (χ0v) is 20.9.